The second-order valence-electron chi connectivity index (χ2n) is 4.82. The van der Waals surface area contributed by atoms with Crippen LogP contribution in [0.15, 0.2) is 5.16 Å². The second-order valence-corrected chi connectivity index (χ2v) is 6.22. The summed E-state index contributed by atoms with van der Waals surface area (Å²) in [6, 6.07) is 0. The van der Waals surface area contributed by atoms with E-state index < -0.39 is 0 Å². The van der Waals surface area contributed by atoms with Crippen LogP contribution in [0.5, 0.6) is 0 Å². The molecule has 1 aromatic rings. The van der Waals surface area contributed by atoms with E-state index in [1.165, 1.54) is 0 Å². The van der Waals surface area contributed by atoms with Gasteiger partial charge in [-0.3, -0.25) is 0 Å². The van der Waals surface area contributed by atoms with E-state index in [1.807, 2.05) is 0 Å². The predicted octanol–water partition coefficient (Wildman–Crippen LogP) is 2.50. The van der Waals surface area contributed by atoms with Crippen LogP contribution in [-0.2, 0) is 4.74 Å². The molecule has 7 heteroatoms. The zero-order valence-electron chi connectivity index (χ0n) is 11.3. The van der Waals surface area contributed by atoms with E-state index in [4.69, 9.17) is 16.3 Å². The van der Waals surface area contributed by atoms with E-state index in [0.29, 0.717) is 30.2 Å². The number of thioether (sulfide) groups is 1. The van der Waals surface area contributed by atoms with Crippen LogP contribution in [-0.4, -0.2) is 47.0 Å². The fraction of sp³-hybridized carbons (Fsp3) is 0.750. The van der Waals surface area contributed by atoms with E-state index >= 15 is 0 Å². The number of rotatable bonds is 5. The van der Waals surface area contributed by atoms with Crippen LogP contribution in [0.4, 0.5) is 5.95 Å². The maximum atomic E-state index is 5.98. The van der Waals surface area contributed by atoms with Crippen molar-refractivity contribution in [1.29, 1.82) is 0 Å². The van der Waals surface area contributed by atoms with Gasteiger partial charge in [-0.15, -0.1) is 0 Å². The molecule has 0 saturated carbocycles. The van der Waals surface area contributed by atoms with Crippen LogP contribution in [0.25, 0.3) is 0 Å². The number of aromatic nitrogens is 3. The smallest absolute Gasteiger partial charge is 0.230 e. The van der Waals surface area contributed by atoms with Gasteiger partial charge in [0.2, 0.25) is 11.2 Å². The van der Waals surface area contributed by atoms with Crippen LogP contribution < -0.4 is 4.90 Å². The Kier molecular flexibility index (Phi) is 5.66. The summed E-state index contributed by atoms with van der Waals surface area (Å²) in [5.74, 6) is 2.35. The molecule has 2 rings (SSSR count). The average Bonchev–Trinajstić information content (AvgIpc) is 2.39. The molecule has 0 bridgehead atoms. The van der Waals surface area contributed by atoms with Gasteiger partial charge in [-0.05, 0) is 23.9 Å². The minimum absolute atomic E-state index is 0.267. The number of halogens is 1. The Morgan fingerprint density at radius 2 is 2.00 bits per heavy atom. The average molecular weight is 303 g/mol. The lowest BCUT2D eigenvalue weighted by molar-refractivity contribution is 0.122. The first-order chi connectivity index (χ1) is 9.15. The molecule has 0 atom stereocenters. The van der Waals surface area contributed by atoms with Gasteiger partial charge in [0.15, 0.2) is 5.16 Å². The molecule has 106 valence electrons. The van der Waals surface area contributed by atoms with Crippen LogP contribution in [0, 0.1) is 5.92 Å². The first-order valence-corrected chi connectivity index (χ1v) is 7.88. The van der Waals surface area contributed by atoms with Gasteiger partial charge >= 0.3 is 0 Å². The number of nitrogens with zero attached hydrogens (tertiary/aromatic N) is 4. The van der Waals surface area contributed by atoms with Crippen LogP contribution >= 0.6 is 23.4 Å². The quantitative estimate of drug-likeness (QED) is 0.779. The third-order valence-corrected chi connectivity index (χ3v) is 3.85. The molecule has 0 amide bonds. The minimum atomic E-state index is 0.267. The summed E-state index contributed by atoms with van der Waals surface area (Å²) in [5.41, 5.74) is 0. The van der Waals surface area contributed by atoms with Gasteiger partial charge in [-0.2, -0.15) is 15.0 Å². The molecule has 5 nitrogen and oxygen atoms in total. The van der Waals surface area contributed by atoms with Crippen molar-refractivity contribution in [1.82, 2.24) is 15.0 Å². The normalized spacial score (nSPS) is 16.1. The third kappa shape index (κ3) is 4.78. The molecule has 0 aliphatic carbocycles. The van der Waals surface area contributed by atoms with Gasteiger partial charge in [0, 0.05) is 18.8 Å². The van der Waals surface area contributed by atoms with Crippen molar-refractivity contribution in [2.24, 2.45) is 5.92 Å². The fourth-order valence-electron chi connectivity index (χ4n) is 1.68. The molecule has 1 aromatic heterocycles. The van der Waals surface area contributed by atoms with Crippen molar-refractivity contribution in [2.45, 2.75) is 25.4 Å². The minimum Gasteiger partial charge on any atom is -0.378 e. The van der Waals surface area contributed by atoms with E-state index in [2.05, 4.69) is 33.7 Å². The Labute approximate surface area is 123 Å². The molecule has 0 radical (unpaired) electrons. The second kappa shape index (κ2) is 7.26. The van der Waals surface area contributed by atoms with Crippen molar-refractivity contribution < 1.29 is 4.74 Å². The molecule has 2 heterocycles. The molecular formula is C12H19ClN4OS. The van der Waals surface area contributed by atoms with Gasteiger partial charge < -0.3 is 9.64 Å². The van der Waals surface area contributed by atoms with E-state index in [9.17, 15) is 0 Å². The Hall–Kier alpha value is -0.590. The Bertz CT molecular complexity index is 413. The molecule has 19 heavy (non-hydrogen) atoms. The first-order valence-electron chi connectivity index (χ1n) is 6.52. The molecule has 1 saturated heterocycles. The number of anilines is 1. The molecule has 1 fully saturated rings. The topological polar surface area (TPSA) is 51.1 Å². The first kappa shape index (κ1) is 14.8. The third-order valence-electron chi connectivity index (χ3n) is 2.80. The standard InChI is InChI=1S/C12H19ClN4OS/c1-9(2)3-8-19-12-15-10(13)14-11(16-12)17-4-6-18-7-5-17/h9H,3-8H2,1-2H3. The van der Waals surface area contributed by atoms with E-state index in [1.54, 1.807) is 11.8 Å². The number of hydrogen-bond acceptors (Lipinski definition) is 6. The summed E-state index contributed by atoms with van der Waals surface area (Å²) >= 11 is 7.61. The monoisotopic (exact) mass is 302 g/mol. The summed E-state index contributed by atoms with van der Waals surface area (Å²) in [6.45, 7) is 7.44. The zero-order valence-corrected chi connectivity index (χ0v) is 12.9. The molecule has 0 N–H and O–H groups in total. The summed E-state index contributed by atoms with van der Waals surface area (Å²) < 4.78 is 5.32. The Morgan fingerprint density at radius 3 is 2.68 bits per heavy atom. The summed E-state index contributed by atoms with van der Waals surface area (Å²) in [5, 5.41) is 0.977. The molecule has 0 spiro atoms. The summed E-state index contributed by atoms with van der Waals surface area (Å²) in [6.07, 6.45) is 1.14. The lowest BCUT2D eigenvalue weighted by Crippen LogP contribution is -2.37. The molecule has 0 aromatic carbocycles. The number of ether oxygens (including phenoxy) is 1. The maximum absolute atomic E-state index is 5.98. The lowest BCUT2D eigenvalue weighted by atomic mass is 10.2. The SMILES string of the molecule is CC(C)CCSc1nc(Cl)nc(N2CCOCC2)n1. The van der Waals surface area contributed by atoms with Gasteiger partial charge in [-0.25, -0.2) is 0 Å². The molecular weight excluding hydrogens is 284 g/mol. The van der Waals surface area contributed by atoms with Crippen molar-refractivity contribution in [3.8, 4) is 0 Å². The Morgan fingerprint density at radius 1 is 1.26 bits per heavy atom. The van der Waals surface area contributed by atoms with Gasteiger partial charge in [-0.1, -0.05) is 25.6 Å². The number of morpholine rings is 1. The Balaban J connectivity index is 2.01. The number of hydrogen-bond donors (Lipinski definition) is 0. The molecule has 1 aliphatic rings. The van der Waals surface area contributed by atoms with Crippen LogP contribution in [0.2, 0.25) is 5.28 Å². The molecule has 1 aliphatic heterocycles. The van der Waals surface area contributed by atoms with Gasteiger partial charge in [0.25, 0.3) is 0 Å². The van der Waals surface area contributed by atoms with E-state index in [0.717, 1.165) is 25.3 Å². The summed E-state index contributed by atoms with van der Waals surface area (Å²) in [7, 11) is 0. The van der Waals surface area contributed by atoms with E-state index in [-0.39, 0.29) is 5.28 Å². The van der Waals surface area contributed by atoms with Crippen LogP contribution in [0.3, 0.4) is 0 Å². The lowest BCUT2D eigenvalue weighted by Gasteiger charge is -2.26. The van der Waals surface area contributed by atoms with Crippen LogP contribution in [0.1, 0.15) is 20.3 Å². The highest BCUT2D eigenvalue weighted by atomic mass is 35.5. The summed E-state index contributed by atoms with van der Waals surface area (Å²) in [4.78, 5) is 14.9. The highest BCUT2D eigenvalue weighted by Gasteiger charge is 2.16. The van der Waals surface area contributed by atoms with Crippen molar-refractivity contribution in [3.63, 3.8) is 0 Å². The van der Waals surface area contributed by atoms with Crippen molar-refractivity contribution in [2.75, 3.05) is 37.0 Å². The van der Waals surface area contributed by atoms with Crippen molar-refractivity contribution >= 4 is 29.3 Å². The largest absolute Gasteiger partial charge is 0.378 e. The van der Waals surface area contributed by atoms with Gasteiger partial charge in [0.05, 0.1) is 13.2 Å². The highest BCUT2D eigenvalue weighted by molar-refractivity contribution is 7.99. The predicted molar refractivity (Wildman–Crippen MR) is 78.0 cm³/mol. The molecule has 0 unspecified atom stereocenters. The fourth-order valence-corrected chi connectivity index (χ4v) is 2.95. The van der Waals surface area contributed by atoms with Crippen molar-refractivity contribution in [3.05, 3.63) is 5.28 Å². The maximum Gasteiger partial charge on any atom is 0.230 e. The zero-order chi connectivity index (χ0) is 13.7. The highest BCUT2D eigenvalue weighted by Crippen LogP contribution is 2.21. The van der Waals surface area contributed by atoms with Gasteiger partial charge in [0.1, 0.15) is 0 Å².